The van der Waals surface area contributed by atoms with Gasteiger partial charge in [0, 0.05) is 17.6 Å². The summed E-state index contributed by atoms with van der Waals surface area (Å²) in [5.74, 6) is -1.76. The quantitative estimate of drug-likeness (QED) is 0.454. The molecule has 1 aromatic carbocycles. The minimum absolute atomic E-state index is 0.173. The zero-order chi connectivity index (χ0) is 23.9. The molecule has 0 spiro atoms. The van der Waals surface area contributed by atoms with Gasteiger partial charge in [-0.25, -0.2) is 4.79 Å². The summed E-state index contributed by atoms with van der Waals surface area (Å²) in [7, 11) is 0. The third-order valence-corrected chi connectivity index (χ3v) is 4.15. The average Bonchev–Trinajstić information content (AvgIpc) is 2.62. The van der Waals surface area contributed by atoms with E-state index in [4.69, 9.17) is 11.2 Å². The van der Waals surface area contributed by atoms with Gasteiger partial charge < -0.3 is 20.5 Å². The molecule has 0 saturated carbocycles. The predicted octanol–water partition coefficient (Wildman–Crippen LogP) is 2.93. The number of phenols is 1. The first-order valence-corrected chi connectivity index (χ1v) is 10.2. The lowest BCUT2D eigenvalue weighted by Gasteiger charge is -2.32. The van der Waals surface area contributed by atoms with Gasteiger partial charge in [-0.1, -0.05) is 38.5 Å². The molecule has 170 valence electrons. The molecule has 0 radical (unpaired) electrons. The molecule has 8 nitrogen and oxygen atoms in total. The molecule has 2 atom stereocenters. The minimum Gasteiger partial charge on any atom is -0.508 e. The number of ether oxygens (including phenoxy) is 1. The van der Waals surface area contributed by atoms with Crippen molar-refractivity contribution in [2.24, 2.45) is 5.92 Å². The van der Waals surface area contributed by atoms with Gasteiger partial charge in [-0.15, -0.1) is 0 Å². The second kappa shape index (κ2) is 10.7. The first-order chi connectivity index (χ1) is 14.3. The van der Waals surface area contributed by atoms with E-state index in [0.717, 1.165) is 4.90 Å². The number of rotatable bonds is 7. The highest BCUT2D eigenvalue weighted by Crippen LogP contribution is 2.29. The molecule has 0 heterocycles. The molecule has 2 unspecified atom stereocenters. The smallest absolute Gasteiger partial charge is 0.408 e. The lowest BCUT2D eigenvalue weighted by Crippen LogP contribution is -2.53. The van der Waals surface area contributed by atoms with Crippen molar-refractivity contribution in [1.82, 2.24) is 15.5 Å². The van der Waals surface area contributed by atoms with Crippen LogP contribution in [0.4, 0.5) is 4.79 Å². The third-order valence-electron chi connectivity index (χ3n) is 4.15. The molecule has 8 heteroatoms. The van der Waals surface area contributed by atoms with Gasteiger partial charge in [0.1, 0.15) is 17.4 Å². The highest BCUT2D eigenvalue weighted by Gasteiger charge is 2.38. The number of amides is 3. The van der Waals surface area contributed by atoms with Crippen LogP contribution >= 0.6 is 0 Å². The van der Waals surface area contributed by atoms with Crippen LogP contribution in [0, 0.1) is 18.4 Å². The van der Waals surface area contributed by atoms with Crippen LogP contribution in [0.15, 0.2) is 24.3 Å². The van der Waals surface area contributed by atoms with Crippen LogP contribution in [0.25, 0.3) is 0 Å². The Morgan fingerprint density at radius 3 is 2.13 bits per heavy atom. The molecule has 31 heavy (non-hydrogen) atoms. The zero-order valence-electron chi connectivity index (χ0n) is 19.2. The monoisotopic (exact) mass is 431 g/mol. The number of nitrogens with one attached hydrogen (secondary N) is 2. The zero-order valence-corrected chi connectivity index (χ0v) is 19.2. The Bertz CT molecular complexity index is 836. The number of alkyl carbamates (subject to hydrolysis) is 1. The molecule has 0 aliphatic rings. The predicted molar refractivity (Wildman–Crippen MR) is 118 cm³/mol. The van der Waals surface area contributed by atoms with Crippen molar-refractivity contribution >= 4 is 17.9 Å². The molecule has 1 rings (SSSR count). The van der Waals surface area contributed by atoms with E-state index >= 15 is 0 Å². The Hall–Kier alpha value is -3.21. The van der Waals surface area contributed by atoms with Crippen molar-refractivity contribution in [3.05, 3.63) is 29.8 Å². The first kappa shape index (κ1) is 25.8. The van der Waals surface area contributed by atoms with E-state index in [1.807, 2.05) is 0 Å². The normalized spacial score (nSPS) is 13.2. The number of aromatic hydroxyl groups is 1. The fraction of sp³-hybridized carbons (Fsp3) is 0.522. The summed E-state index contributed by atoms with van der Waals surface area (Å²) in [4.78, 5) is 39.6. The van der Waals surface area contributed by atoms with E-state index in [-0.39, 0.29) is 23.3 Å². The van der Waals surface area contributed by atoms with Gasteiger partial charge in [-0.05, 0) is 46.6 Å². The van der Waals surface area contributed by atoms with E-state index in [2.05, 4.69) is 16.7 Å². The average molecular weight is 432 g/mol. The molecule has 0 aromatic heterocycles. The lowest BCUT2D eigenvalue weighted by molar-refractivity contribution is -0.139. The maximum Gasteiger partial charge on any atom is 0.408 e. The van der Waals surface area contributed by atoms with Gasteiger partial charge in [0.25, 0.3) is 5.91 Å². The molecule has 0 saturated heterocycles. The number of para-hydroxylation sites is 1. The van der Waals surface area contributed by atoms with Gasteiger partial charge in [0.15, 0.2) is 6.04 Å². The number of terminal acetylenes is 1. The Balaban J connectivity index is 3.36. The fourth-order valence-corrected chi connectivity index (χ4v) is 2.84. The number of carbonyl (C=O) groups is 3. The topological polar surface area (TPSA) is 108 Å². The van der Waals surface area contributed by atoms with Crippen LogP contribution in [-0.2, 0) is 14.3 Å². The molecular formula is C23H33N3O5. The van der Waals surface area contributed by atoms with Gasteiger partial charge >= 0.3 is 6.09 Å². The number of phenolic OH excluding ortho intramolecular Hbond substituents is 1. The molecule has 3 N–H and O–H groups in total. The summed E-state index contributed by atoms with van der Waals surface area (Å²) >= 11 is 0. The van der Waals surface area contributed by atoms with E-state index in [1.54, 1.807) is 60.6 Å². The van der Waals surface area contributed by atoms with Gasteiger partial charge in [0.2, 0.25) is 5.91 Å². The van der Waals surface area contributed by atoms with Crippen LogP contribution in [-0.4, -0.2) is 45.6 Å². The second-order valence-electron chi connectivity index (χ2n) is 8.83. The van der Waals surface area contributed by atoms with Gasteiger partial charge in [-0.2, -0.15) is 0 Å². The van der Waals surface area contributed by atoms with Crippen LogP contribution in [0.2, 0.25) is 0 Å². The lowest BCUT2D eigenvalue weighted by atomic mass is 9.98. The number of hydrogen-bond donors (Lipinski definition) is 3. The summed E-state index contributed by atoms with van der Waals surface area (Å²) in [5, 5.41) is 15.6. The van der Waals surface area contributed by atoms with Crippen LogP contribution in [0.3, 0.4) is 0 Å². The molecule has 1 aromatic rings. The summed E-state index contributed by atoms with van der Waals surface area (Å²) in [6, 6.07) is 5.84. The summed E-state index contributed by atoms with van der Waals surface area (Å²) in [6.07, 6.45) is 4.87. The van der Waals surface area contributed by atoms with E-state index in [9.17, 15) is 19.5 Å². The molecule has 0 fully saturated rings. The van der Waals surface area contributed by atoms with Crippen molar-refractivity contribution in [3.8, 4) is 18.2 Å². The number of nitrogens with zero attached hydrogens (tertiary/aromatic N) is 1. The van der Waals surface area contributed by atoms with Crippen molar-refractivity contribution < 1.29 is 24.2 Å². The minimum atomic E-state index is -1.29. The number of benzene rings is 1. The summed E-state index contributed by atoms with van der Waals surface area (Å²) in [5.41, 5.74) is -0.581. The molecular weight excluding hydrogens is 398 g/mol. The molecule has 3 amide bonds. The van der Waals surface area contributed by atoms with Crippen molar-refractivity contribution in [2.75, 3.05) is 0 Å². The largest absolute Gasteiger partial charge is 0.508 e. The van der Waals surface area contributed by atoms with E-state index < -0.39 is 35.6 Å². The van der Waals surface area contributed by atoms with Crippen molar-refractivity contribution in [3.63, 3.8) is 0 Å². The maximum absolute atomic E-state index is 13.4. The fourth-order valence-electron chi connectivity index (χ4n) is 2.84. The maximum atomic E-state index is 13.4. The third kappa shape index (κ3) is 7.52. The molecule has 0 aliphatic heterocycles. The molecule has 0 aliphatic carbocycles. The Morgan fingerprint density at radius 1 is 1.10 bits per heavy atom. The highest BCUT2D eigenvalue weighted by molar-refractivity contribution is 5.93. The van der Waals surface area contributed by atoms with Gasteiger partial charge in [0.05, 0.1) is 0 Å². The Morgan fingerprint density at radius 2 is 1.68 bits per heavy atom. The number of carbonyl (C=O) groups excluding carboxylic acids is 3. The second-order valence-corrected chi connectivity index (χ2v) is 8.83. The SMILES string of the molecule is C#CN(C(=O)C(NC(=O)OC(C)(C)C)C(C)C)C(C(=O)NC(C)C)c1ccccc1O. The number of hydrogen-bond acceptors (Lipinski definition) is 5. The molecule has 0 bridgehead atoms. The van der Waals surface area contributed by atoms with Crippen LogP contribution in [0.5, 0.6) is 5.75 Å². The van der Waals surface area contributed by atoms with E-state index in [0.29, 0.717) is 0 Å². The Labute approximate surface area is 184 Å². The summed E-state index contributed by atoms with van der Waals surface area (Å²) < 4.78 is 5.25. The summed E-state index contributed by atoms with van der Waals surface area (Å²) in [6.45, 7) is 12.1. The van der Waals surface area contributed by atoms with E-state index in [1.165, 1.54) is 12.1 Å². The van der Waals surface area contributed by atoms with Crippen molar-refractivity contribution in [2.45, 2.75) is 72.2 Å². The first-order valence-electron chi connectivity index (χ1n) is 10.2. The van der Waals surface area contributed by atoms with Crippen LogP contribution < -0.4 is 10.6 Å². The van der Waals surface area contributed by atoms with Gasteiger partial charge in [-0.3, -0.25) is 14.5 Å². The van der Waals surface area contributed by atoms with Crippen LogP contribution in [0.1, 0.15) is 60.1 Å². The van der Waals surface area contributed by atoms with Crippen molar-refractivity contribution in [1.29, 1.82) is 0 Å². The Kier molecular flexibility index (Phi) is 8.92. The standard InChI is InChI=1S/C23H33N3O5/c1-9-26(21(29)18(14(2)3)25-22(30)31-23(6,7)8)19(20(28)24-15(4)5)16-12-10-11-13-17(16)27/h1,10-15,18-19,27H,2-8H3,(H,24,28)(H,25,30). The highest BCUT2D eigenvalue weighted by atomic mass is 16.6.